The van der Waals surface area contributed by atoms with Gasteiger partial charge in [0.15, 0.2) is 11.0 Å². The second-order valence-corrected chi connectivity index (χ2v) is 6.98. The van der Waals surface area contributed by atoms with Crippen LogP contribution in [0.25, 0.3) is 0 Å². The predicted octanol–water partition coefficient (Wildman–Crippen LogP) is 2.44. The first-order valence-corrected chi connectivity index (χ1v) is 8.56. The van der Waals surface area contributed by atoms with E-state index in [2.05, 4.69) is 25.3 Å². The number of hydrogen-bond acceptors (Lipinski definition) is 7. The Morgan fingerprint density at radius 1 is 1.38 bits per heavy atom. The van der Waals surface area contributed by atoms with E-state index < -0.39 is 5.54 Å². The second kappa shape index (κ2) is 6.74. The van der Waals surface area contributed by atoms with Crippen LogP contribution in [0.15, 0.2) is 35.7 Å². The maximum absolute atomic E-state index is 12.2. The van der Waals surface area contributed by atoms with Gasteiger partial charge in [-0.25, -0.2) is 15.0 Å². The highest BCUT2D eigenvalue weighted by Crippen LogP contribution is 2.33. The van der Waals surface area contributed by atoms with Gasteiger partial charge >= 0.3 is 0 Å². The molecule has 3 rings (SSSR count). The van der Waals surface area contributed by atoms with Crippen molar-refractivity contribution in [1.82, 2.24) is 15.0 Å². The number of hydrogen-bond donors (Lipinski definition) is 2. The lowest BCUT2D eigenvalue weighted by Crippen LogP contribution is -2.30. The number of rotatable bonds is 3. The van der Waals surface area contributed by atoms with Gasteiger partial charge in [0.05, 0.1) is 23.1 Å². The number of pyridine rings is 1. The molecule has 1 atom stereocenters. The smallest absolute Gasteiger partial charge is 0.275 e. The van der Waals surface area contributed by atoms with Crippen molar-refractivity contribution in [3.63, 3.8) is 0 Å². The number of aromatic nitrogens is 3. The van der Waals surface area contributed by atoms with Crippen LogP contribution >= 0.6 is 23.4 Å². The molecule has 3 heterocycles. The maximum atomic E-state index is 12.2. The van der Waals surface area contributed by atoms with Gasteiger partial charge in [-0.2, -0.15) is 0 Å². The Morgan fingerprint density at radius 2 is 2.21 bits per heavy atom. The van der Waals surface area contributed by atoms with Crippen LogP contribution in [0.5, 0.6) is 0 Å². The van der Waals surface area contributed by atoms with Gasteiger partial charge in [0.2, 0.25) is 0 Å². The van der Waals surface area contributed by atoms with E-state index in [-0.39, 0.29) is 11.6 Å². The van der Waals surface area contributed by atoms with Crippen LogP contribution in [-0.4, -0.2) is 31.8 Å². The van der Waals surface area contributed by atoms with Crippen molar-refractivity contribution in [1.29, 1.82) is 0 Å². The van der Waals surface area contributed by atoms with Gasteiger partial charge in [-0.05, 0) is 25.5 Å². The fourth-order valence-electron chi connectivity index (χ4n) is 2.25. The number of carbonyl (C=O) groups is 1. The van der Waals surface area contributed by atoms with E-state index in [1.165, 1.54) is 24.2 Å². The van der Waals surface area contributed by atoms with Crippen molar-refractivity contribution in [3.8, 4) is 0 Å². The maximum Gasteiger partial charge on any atom is 0.275 e. The molecule has 0 fully saturated rings. The number of amidine groups is 1. The number of nitrogens with one attached hydrogen (secondary N) is 1. The Balaban J connectivity index is 1.82. The van der Waals surface area contributed by atoms with Crippen LogP contribution in [0.1, 0.15) is 29.5 Å². The Bertz CT molecular complexity index is 797. The van der Waals surface area contributed by atoms with Crippen molar-refractivity contribution >= 4 is 40.3 Å². The average molecular weight is 363 g/mol. The number of nitrogens with two attached hydrogens (primary N) is 1. The molecule has 0 unspecified atom stereocenters. The van der Waals surface area contributed by atoms with Gasteiger partial charge in [0.25, 0.3) is 5.91 Å². The zero-order chi connectivity index (χ0) is 17.2. The molecule has 0 bridgehead atoms. The van der Waals surface area contributed by atoms with Gasteiger partial charge in [0.1, 0.15) is 11.2 Å². The number of anilines is 1. The molecule has 0 saturated carbocycles. The zero-order valence-electron chi connectivity index (χ0n) is 12.9. The van der Waals surface area contributed by atoms with E-state index in [9.17, 15) is 4.79 Å². The molecule has 124 valence electrons. The summed E-state index contributed by atoms with van der Waals surface area (Å²) in [6, 6.07) is 3.14. The Morgan fingerprint density at radius 3 is 2.92 bits per heavy atom. The standard InChI is InChI=1S/C15H15ClN6OS/c1-15(4-5-24-14(17)22-15)11-7-18-8-12(20-11)21-13(23)10-3-2-9(16)6-19-10/h2-3,6-8H,4-5H2,1H3,(H2,17,22)(H,20,21,23)/t15-/m0/s1. The highest BCUT2D eigenvalue weighted by molar-refractivity contribution is 8.13. The lowest BCUT2D eigenvalue weighted by Gasteiger charge is -2.28. The summed E-state index contributed by atoms with van der Waals surface area (Å²) in [5.74, 6) is 0.812. The van der Waals surface area contributed by atoms with Crippen molar-refractivity contribution in [2.24, 2.45) is 10.7 Å². The summed E-state index contributed by atoms with van der Waals surface area (Å²) in [6.45, 7) is 1.95. The van der Waals surface area contributed by atoms with Crippen LogP contribution in [0, 0.1) is 0 Å². The molecule has 0 radical (unpaired) electrons. The SMILES string of the molecule is C[C@@]1(c2cncc(NC(=O)c3ccc(Cl)cn3)n2)CCSC(N)=N1. The molecule has 7 nitrogen and oxygen atoms in total. The fraction of sp³-hybridized carbons (Fsp3) is 0.267. The highest BCUT2D eigenvalue weighted by Gasteiger charge is 2.31. The van der Waals surface area contributed by atoms with Crippen LogP contribution < -0.4 is 11.1 Å². The number of thioether (sulfide) groups is 1. The topological polar surface area (TPSA) is 106 Å². The molecule has 0 aromatic carbocycles. The predicted molar refractivity (Wildman–Crippen MR) is 95.3 cm³/mol. The third-order valence-corrected chi connectivity index (χ3v) is 4.60. The van der Waals surface area contributed by atoms with E-state index in [0.29, 0.717) is 21.7 Å². The second-order valence-electron chi connectivity index (χ2n) is 5.43. The highest BCUT2D eigenvalue weighted by atomic mass is 35.5. The number of halogens is 1. The molecule has 24 heavy (non-hydrogen) atoms. The van der Waals surface area contributed by atoms with E-state index in [1.54, 1.807) is 18.3 Å². The minimum absolute atomic E-state index is 0.245. The third-order valence-electron chi connectivity index (χ3n) is 3.58. The molecule has 3 N–H and O–H groups in total. The van der Waals surface area contributed by atoms with Gasteiger partial charge in [0, 0.05) is 11.9 Å². The quantitative estimate of drug-likeness (QED) is 0.868. The van der Waals surface area contributed by atoms with Crippen LogP contribution in [0.3, 0.4) is 0 Å². The first kappa shape index (κ1) is 16.7. The molecule has 1 amide bonds. The normalized spacial score (nSPS) is 20.3. The van der Waals surface area contributed by atoms with Gasteiger partial charge in [-0.3, -0.25) is 9.78 Å². The van der Waals surface area contributed by atoms with Crippen molar-refractivity contribution in [2.75, 3.05) is 11.1 Å². The van der Waals surface area contributed by atoms with Gasteiger partial charge < -0.3 is 11.1 Å². The average Bonchev–Trinajstić information content (AvgIpc) is 2.55. The lowest BCUT2D eigenvalue weighted by molar-refractivity contribution is 0.102. The van der Waals surface area contributed by atoms with E-state index in [1.807, 2.05) is 6.92 Å². The van der Waals surface area contributed by atoms with Crippen molar-refractivity contribution in [3.05, 3.63) is 47.1 Å². The molecule has 0 spiro atoms. The summed E-state index contributed by atoms with van der Waals surface area (Å²) in [4.78, 5) is 29.3. The Hall–Kier alpha value is -2.19. The van der Waals surface area contributed by atoms with Crippen LogP contribution in [-0.2, 0) is 5.54 Å². The van der Waals surface area contributed by atoms with E-state index in [4.69, 9.17) is 17.3 Å². The number of amides is 1. The number of carbonyl (C=O) groups excluding carboxylic acids is 1. The number of aliphatic imine (C=N–C) groups is 1. The summed E-state index contributed by atoms with van der Waals surface area (Å²) in [5, 5.41) is 3.68. The van der Waals surface area contributed by atoms with E-state index in [0.717, 1.165) is 12.2 Å². The first-order chi connectivity index (χ1) is 11.5. The molecular formula is C15H15ClN6OS. The van der Waals surface area contributed by atoms with Crippen LogP contribution in [0.2, 0.25) is 5.02 Å². The van der Waals surface area contributed by atoms with Gasteiger partial charge in [-0.1, -0.05) is 23.4 Å². The first-order valence-electron chi connectivity index (χ1n) is 7.20. The summed E-state index contributed by atoms with van der Waals surface area (Å²) in [6.07, 6.45) is 5.33. The number of nitrogens with zero attached hydrogens (tertiary/aromatic N) is 4. The molecule has 0 aliphatic carbocycles. The molecule has 1 aliphatic heterocycles. The Labute approximate surface area is 148 Å². The van der Waals surface area contributed by atoms with Crippen molar-refractivity contribution < 1.29 is 4.79 Å². The van der Waals surface area contributed by atoms with Gasteiger partial charge in [-0.15, -0.1) is 0 Å². The zero-order valence-corrected chi connectivity index (χ0v) is 14.4. The summed E-state index contributed by atoms with van der Waals surface area (Å²) < 4.78 is 0. The molecule has 2 aromatic heterocycles. The van der Waals surface area contributed by atoms with Crippen molar-refractivity contribution in [2.45, 2.75) is 18.9 Å². The monoisotopic (exact) mass is 362 g/mol. The minimum atomic E-state index is -0.540. The third kappa shape index (κ3) is 3.65. The molecule has 1 aliphatic rings. The largest absolute Gasteiger partial charge is 0.379 e. The lowest BCUT2D eigenvalue weighted by atomic mass is 9.95. The Kier molecular flexibility index (Phi) is 4.68. The summed E-state index contributed by atoms with van der Waals surface area (Å²) in [5.41, 5.74) is 6.19. The van der Waals surface area contributed by atoms with E-state index >= 15 is 0 Å². The molecular weight excluding hydrogens is 348 g/mol. The summed E-state index contributed by atoms with van der Waals surface area (Å²) in [7, 11) is 0. The molecule has 2 aromatic rings. The fourth-order valence-corrected chi connectivity index (χ4v) is 3.33. The molecule has 9 heteroatoms. The van der Waals surface area contributed by atoms with Crippen LogP contribution in [0.4, 0.5) is 5.82 Å². The minimum Gasteiger partial charge on any atom is -0.379 e. The summed E-state index contributed by atoms with van der Waals surface area (Å²) >= 11 is 7.29. The molecule has 0 saturated heterocycles.